The molecule has 0 aliphatic heterocycles. The lowest BCUT2D eigenvalue weighted by Gasteiger charge is -2.26. The molecule has 194 valence electrons. The van der Waals surface area contributed by atoms with Gasteiger partial charge >= 0.3 is 11.9 Å². The number of esters is 2. The summed E-state index contributed by atoms with van der Waals surface area (Å²) in [5.74, 6) is -1.06. The summed E-state index contributed by atoms with van der Waals surface area (Å²) in [6.07, 6.45) is 1.31. The number of nitrogens with zero attached hydrogens (tertiary/aromatic N) is 1. The summed E-state index contributed by atoms with van der Waals surface area (Å²) in [5, 5.41) is 0. The van der Waals surface area contributed by atoms with Gasteiger partial charge in [-0.05, 0) is 38.3 Å². The topological polar surface area (TPSA) is 74.7 Å². The number of benzene rings is 2. The number of methoxy groups -OCH3 is 1. The maximum Gasteiger partial charge on any atom is 0.309 e. The number of rotatable bonds is 10. The van der Waals surface area contributed by atoms with Crippen LogP contribution in [0.5, 0.6) is 11.5 Å². The van der Waals surface area contributed by atoms with E-state index in [1.54, 1.807) is 13.0 Å². The maximum atomic E-state index is 13.2. The molecule has 3 rings (SSSR count). The Hall–Kier alpha value is -3.58. The number of hydrogen-bond donors (Lipinski definition) is 0. The second-order valence-electron chi connectivity index (χ2n) is 9.25. The Labute approximate surface area is 224 Å². The lowest BCUT2D eigenvalue weighted by Crippen LogP contribution is -2.28. The molecule has 0 bridgehead atoms. The maximum absolute atomic E-state index is 13.2. The van der Waals surface area contributed by atoms with Gasteiger partial charge in [-0.2, -0.15) is 0 Å². The highest BCUT2D eigenvalue weighted by Crippen LogP contribution is 2.33. The molecule has 0 N–H and O–H groups in total. The zero-order valence-corrected chi connectivity index (χ0v) is 22.9. The largest absolute Gasteiger partial charge is 0.493 e. The van der Waals surface area contributed by atoms with E-state index in [0.29, 0.717) is 16.3 Å². The fourth-order valence-electron chi connectivity index (χ4n) is 4.14. The Morgan fingerprint density at radius 2 is 1.46 bits per heavy atom. The van der Waals surface area contributed by atoms with Crippen molar-refractivity contribution in [1.82, 2.24) is 4.98 Å². The second-order valence-corrected chi connectivity index (χ2v) is 9.75. The Morgan fingerprint density at radius 3 is 1.95 bits per heavy atom. The third-order valence-corrected chi connectivity index (χ3v) is 6.50. The second kappa shape index (κ2) is 12.6. The predicted molar refractivity (Wildman–Crippen MR) is 147 cm³/mol. The zero-order chi connectivity index (χ0) is 27.1. The third kappa shape index (κ3) is 7.23. The number of thiocarbonyl (C=S) groups is 1. The van der Waals surface area contributed by atoms with Gasteiger partial charge in [0, 0.05) is 30.0 Å². The van der Waals surface area contributed by atoms with Gasteiger partial charge in [0.05, 0.1) is 13.0 Å². The molecule has 0 spiro atoms. The zero-order valence-electron chi connectivity index (χ0n) is 22.1. The van der Waals surface area contributed by atoms with Crippen molar-refractivity contribution in [2.24, 2.45) is 5.92 Å². The van der Waals surface area contributed by atoms with Gasteiger partial charge in [-0.1, -0.05) is 78.8 Å². The average Bonchev–Trinajstić information content (AvgIpc) is 2.86. The van der Waals surface area contributed by atoms with Gasteiger partial charge < -0.3 is 14.2 Å². The van der Waals surface area contributed by atoms with Crippen LogP contribution in [0.1, 0.15) is 61.1 Å². The quantitative estimate of drug-likeness (QED) is 0.181. The molecule has 0 fully saturated rings. The average molecular weight is 520 g/mol. The highest BCUT2D eigenvalue weighted by molar-refractivity contribution is 7.80. The van der Waals surface area contributed by atoms with Crippen LogP contribution >= 0.6 is 12.2 Å². The van der Waals surface area contributed by atoms with Crippen LogP contribution in [-0.4, -0.2) is 35.0 Å². The van der Waals surface area contributed by atoms with Crippen molar-refractivity contribution in [2.75, 3.05) is 7.11 Å². The number of pyridine rings is 1. The number of carbonyl (C=O) groups is 2. The van der Waals surface area contributed by atoms with Crippen molar-refractivity contribution in [3.05, 3.63) is 88.7 Å². The fourth-order valence-corrected chi connectivity index (χ4v) is 4.54. The first-order chi connectivity index (χ1) is 17.6. The Bertz CT molecular complexity index is 1210. The van der Waals surface area contributed by atoms with Crippen LogP contribution < -0.4 is 9.47 Å². The molecule has 0 saturated carbocycles. The van der Waals surface area contributed by atoms with Gasteiger partial charge in [-0.25, -0.2) is 0 Å². The van der Waals surface area contributed by atoms with Crippen molar-refractivity contribution in [3.63, 3.8) is 0 Å². The number of aromatic nitrogens is 1. The molecule has 37 heavy (non-hydrogen) atoms. The van der Waals surface area contributed by atoms with Crippen LogP contribution in [0.3, 0.4) is 0 Å². The van der Waals surface area contributed by atoms with Crippen molar-refractivity contribution < 1.29 is 23.8 Å². The minimum atomic E-state index is -0.537. The first-order valence-corrected chi connectivity index (χ1v) is 12.6. The number of ether oxygens (including phenoxy) is 3. The highest BCUT2D eigenvalue weighted by Gasteiger charge is 2.28. The molecule has 0 saturated heterocycles. The van der Waals surface area contributed by atoms with Crippen LogP contribution in [0.2, 0.25) is 0 Å². The Morgan fingerprint density at radius 1 is 0.919 bits per heavy atom. The van der Waals surface area contributed by atoms with E-state index in [0.717, 1.165) is 22.3 Å². The SMILES string of the molecule is COc1ccnc(C(=S)C[C@@H](C)C(=O)O[C@@H](C)C(c2ccc(C)cc2)c2ccc(C)cc2)c1OC(C)=O. The van der Waals surface area contributed by atoms with Gasteiger partial charge in [-0.3, -0.25) is 14.6 Å². The molecular formula is C30H33NO5S. The normalized spacial score (nSPS) is 12.5. The molecule has 0 amide bonds. The van der Waals surface area contributed by atoms with E-state index in [2.05, 4.69) is 53.5 Å². The van der Waals surface area contributed by atoms with Crippen LogP contribution in [0.25, 0.3) is 0 Å². The highest BCUT2D eigenvalue weighted by atomic mass is 32.1. The Balaban J connectivity index is 1.78. The van der Waals surface area contributed by atoms with E-state index in [1.165, 1.54) is 20.2 Å². The van der Waals surface area contributed by atoms with E-state index in [4.69, 9.17) is 26.4 Å². The molecule has 3 aromatic rings. The molecule has 1 aromatic heterocycles. The first-order valence-electron chi connectivity index (χ1n) is 12.2. The van der Waals surface area contributed by atoms with Crippen molar-refractivity contribution in [1.29, 1.82) is 0 Å². The van der Waals surface area contributed by atoms with Crippen LogP contribution in [0.4, 0.5) is 0 Å². The molecule has 6 nitrogen and oxygen atoms in total. The summed E-state index contributed by atoms with van der Waals surface area (Å²) in [7, 11) is 1.47. The van der Waals surface area contributed by atoms with E-state index < -0.39 is 18.0 Å². The lowest BCUT2D eigenvalue weighted by atomic mass is 9.86. The molecule has 1 heterocycles. The van der Waals surface area contributed by atoms with Gasteiger partial charge in [0.15, 0.2) is 11.5 Å². The molecule has 2 atom stereocenters. The summed E-state index contributed by atoms with van der Waals surface area (Å²) in [5.41, 5.74) is 4.78. The third-order valence-electron chi connectivity index (χ3n) is 6.14. The molecular weight excluding hydrogens is 486 g/mol. The summed E-state index contributed by atoms with van der Waals surface area (Å²) < 4.78 is 16.6. The molecule has 2 aromatic carbocycles. The monoisotopic (exact) mass is 519 g/mol. The first kappa shape index (κ1) is 28.0. The van der Waals surface area contributed by atoms with Crippen LogP contribution in [0, 0.1) is 19.8 Å². The van der Waals surface area contributed by atoms with Crippen molar-refractivity contribution in [2.45, 2.75) is 53.1 Å². The Kier molecular flexibility index (Phi) is 9.53. The smallest absolute Gasteiger partial charge is 0.309 e. The predicted octanol–water partition coefficient (Wildman–Crippen LogP) is 6.14. The molecule has 0 aliphatic rings. The van der Waals surface area contributed by atoms with Crippen LogP contribution in [-0.2, 0) is 14.3 Å². The van der Waals surface area contributed by atoms with Crippen molar-refractivity contribution in [3.8, 4) is 11.5 Å². The van der Waals surface area contributed by atoms with Gasteiger partial charge in [-0.15, -0.1) is 0 Å². The summed E-state index contributed by atoms with van der Waals surface area (Å²) in [6.45, 7) is 9.06. The number of hydrogen-bond acceptors (Lipinski definition) is 7. The molecule has 0 aliphatic carbocycles. The number of aryl methyl sites for hydroxylation is 2. The van der Waals surface area contributed by atoms with Gasteiger partial charge in [0.1, 0.15) is 11.8 Å². The van der Waals surface area contributed by atoms with E-state index in [-0.39, 0.29) is 24.1 Å². The van der Waals surface area contributed by atoms with E-state index in [9.17, 15) is 9.59 Å². The fraction of sp³-hybridized carbons (Fsp3) is 0.333. The standard InChI is InChI=1S/C30H33NO5S/c1-18-7-11-23(12-8-18)27(24-13-9-19(2)10-14-24)21(4)35-30(33)20(3)17-26(37)28-29(36-22(5)32)25(34-6)15-16-31-28/h7-16,20-21,27H,17H2,1-6H3/t20-,21+/m1/s1. The van der Waals surface area contributed by atoms with Crippen LogP contribution in [0.15, 0.2) is 60.8 Å². The lowest BCUT2D eigenvalue weighted by molar-refractivity contribution is -0.153. The van der Waals surface area contributed by atoms with E-state index in [1.807, 2.05) is 20.8 Å². The summed E-state index contributed by atoms with van der Waals surface area (Å²) >= 11 is 5.59. The van der Waals surface area contributed by atoms with Gasteiger partial charge in [0.25, 0.3) is 0 Å². The molecule has 7 heteroatoms. The minimum Gasteiger partial charge on any atom is -0.493 e. The summed E-state index contributed by atoms with van der Waals surface area (Å²) in [4.78, 5) is 29.4. The van der Waals surface area contributed by atoms with Gasteiger partial charge in [0.2, 0.25) is 0 Å². The minimum absolute atomic E-state index is 0.125. The summed E-state index contributed by atoms with van der Waals surface area (Å²) in [6, 6.07) is 18.1. The molecule has 0 unspecified atom stereocenters. The number of carbonyl (C=O) groups excluding carboxylic acids is 2. The van der Waals surface area contributed by atoms with E-state index >= 15 is 0 Å². The molecule has 0 radical (unpaired) electrons. The van der Waals surface area contributed by atoms with Crippen molar-refractivity contribution >= 4 is 29.0 Å².